The van der Waals surface area contributed by atoms with Gasteiger partial charge in [-0.15, -0.1) is 0 Å². The van der Waals surface area contributed by atoms with Crippen LogP contribution in [0.25, 0.3) is 0 Å². The molecule has 0 aliphatic rings. The van der Waals surface area contributed by atoms with E-state index in [-0.39, 0.29) is 15.6 Å². The van der Waals surface area contributed by atoms with Crippen molar-refractivity contribution in [3.63, 3.8) is 0 Å². The fourth-order valence-electron chi connectivity index (χ4n) is 3.47. The van der Waals surface area contributed by atoms with Crippen LogP contribution in [-0.2, 0) is 19.9 Å². The molecule has 0 amide bonds. The first-order valence-corrected chi connectivity index (χ1v) is 12.2. The molecule has 0 aliphatic heterocycles. The summed E-state index contributed by atoms with van der Waals surface area (Å²) < 4.78 is 73.2. The highest BCUT2D eigenvalue weighted by atomic mass is 32.2. The molecule has 6 nitrogen and oxygen atoms in total. The predicted octanol–water partition coefficient (Wildman–Crippen LogP) is 3.84. The second-order valence-electron chi connectivity index (χ2n) is 7.08. The molecule has 0 saturated heterocycles. The van der Waals surface area contributed by atoms with Crippen LogP contribution in [0.5, 0.6) is 0 Å². The summed E-state index contributed by atoms with van der Waals surface area (Å²) in [5, 5.41) is -1.32. The van der Waals surface area contributed by atoms with Crippen LogP contribution in [0.4, 0.5) is 4.39 Å². The molecule has 1 aromatic heterocycles. The first-order valence-electron chi connectivity index (χ1n) is 9.13. The fourth-order valence-corrected chi connectivity index (χ4v) is 6.66. The summed E-state index contributed by atoms with van der Waals surface area (Å²) >= 11 is 0. The lowest BCUT2D eigenvalue weighted by Gasteiger charge is -2.18. The second-order valence-corrected chi connectivity index (χ2v) is 10.9. The van der Waals surface area contributed by atoms with E-state index >= 15 is 0 Å². The lowest BCUT2D eigenvalue weighted by Crippen LogP contribution is -2.32. The fraction of sp³-hybridized carbons (Fsp3) is 0.238. The topological polar surface area (TPSA) is 93.4 Å². The Labute approximate surface area is 175 Å². The first-order chi connectivity index (χ1) is 14.0. The predicted molar refractivity (Wildman–Crippen MR) is 111 cm³/mol. The van der Waals surface area contributed by atoms with Gasteiger partial charge in [0.05, 0.1) is 16.1 Å². The Hall–Kier alpha value is -2.49. The molecule has 3 rings (SSSR count). The Morgan fingerprint density at radius 1 is 0.967 bits per heavy atom. The van der Waals surface area contributed by atoms with Crippen molar-refractivity contribution in [2.24, 2.45) is 0 Å². The highest BCUT2D eigenvalue weighted by Crippen LogP contribution is 2.30. The minimum atomic E-state index is -4.06. The number of hydrogen-bond donors (Lipinski definition) is 1. The lowest BCUT2D eigenvalue weighted by atomic mass is 10.1. The van der Waals surface area contributed by atoms with E-state index in [1.165, 1.54) is 18.4 Å². The molecule has 1 atom stereocenters. The molecule has 0 saturated carbocycles. The highest BCUT2D eigenvalue weighted by Gasteiger charge is 2.33. The summed E-state index contributed by atoms with van der Waals surface area (Å²) in [4.78, 5) is -0.0160. The molecule has 3 aromatic rings. The number of aryl methyl sites for hydroxylation is 3. The Morgan fingerprint density at radius 3 is 2.10 bits per heavy atom. The average Bonchev–Trinajstić information content (AvgIpc) is 3.15. The van der Waals surface area contributed by atoms with Crippen LogP contribution in [0.1, 0.15) is 27.7 Å². The van der Waals surface area contributed by atoms with Gasteiger partial charge >= 0.3 is 0 Å². The van der Waals surface area contributed by atoms with Gasteiger partial charge in [-0.2, -0.15) is 0 Å². The van der Waals surface area contributed by atoms with Crippen LogP contribution < -0.4 is 4.72 Å². The summed E-state index contributed by atoms with van der Waals surface area (Å²) in [5.41, 5.74) is 2.06. The van der Waals surface area contributed by atoms with Crippen molar-refractivity contribution in [3.8, 4) is 0 Å². The molecule has 0 unspecified atom stereocenters. The maximum absolute atomic E-state index is 13.2. The molecule has 0 spiro atoms. The molecule has 0 fully saturated rings. The van der Waals surface area contributed by atoms with Crippen molar-refractivity contribution in [2.75, 3.05) is 6.54 Å². The van der Waals surface area contributed by atoms with E-state index in [0.29, 0.717) is 11.1 Å². The summed E-state index contributed by atoms with van der Waals surface area (Å²) in [6.45, 7) is 4.80. The number of sulfonamides is 1. The zero-order valence-corrected chi connectivity index (χ0v) is 18.3. The Bertz CT molecular complexity index is 1230. The number of hydrogen-bond acceptors (Lipinski definition) is 5. The minimum Gasteiger partial charge on any atom is -0.468 e. The van der Waals surface area contributed by atoms with E-state index < -0.39 is 37.5 Å². The molecule has 160 valence electrons. The summed E-state index contributed by atoms with van der Waals surface area (Å²) in [5.74, 6) is -0.492. The molecule has 0 bridgehead atoms. The van der Waals surface area contributed by atoms with E-state index in [4.69, 9.17) is 4.42 Å². The zero-order chi connectivity index (χ0) is 22.1. The van der Waals surface area contributed by atoms with Gasteiger partial charge in [0, 0.05) is 6.54 Å². The minimum absolute atomic E-state index is 0.0828. The van der Waals surface area contributed by atoms with Gasteiger partial charge in [0.1, 0.15) is 16.8 Å². The smallest absolute Gasteiger partial charge is 0.241 e. The number of sulfone groups is 1. The van der Waals surface area contributed by atoms with E-state index in [1.807, 2.05) is 6.92 Å². The average molecular weight is 452 g/mol. The van der Waals surface area contributed by atoms with Gasteiger partial charge in [-0.25, -0.2) is 25.9 Å². The quantitative estimate of drug-likeness (QED) is 0.551. The van der Waals surface area contributed by atoms with E-state index in [2.05, 4.69) is 4.72 Å². The van der Waals surface area contributed by atoms with Crippen LogP contribution in [0, 0.1) is 26.6 Å². The van der Waals surface area contributed by atoms with Crippen LogP contribution in [0.15, 0.2) is 69.0 Å². The van der Waals surface area contributed by atoms with Crippen LogP contribution in [0.2, 0.25) is 0 Å². The van der Waals surface area contributed by atoms with Gasteiger partial charge < -0.3 is 4.42 Å². The second kappa shape index (κ2) is 8.33. The Balaban J connectivity index is 1.97. The van der Waals surface area contributed by atoms with Gasteiger partial charge in [-0.3, -0.25) is 0 Å². The van der Waals surface area contributed by atoms with Gasteiger partial charge in [0.25, 0.3) is 0 Å². The maximum atomic E-state index is 13.2. The van der Waals surface area contributed by atoms with Crippen molar-refractivity contribution in [2.45, 2.75) is 35.8 Å². The summed E-state index contributed by atoms with van der Waals surface area (Å²) in [6.07, 6.45) is 1.31. The van der Waals surface area contributed by atoms with E-state index in [0.717, 1.165) is 29.8 Å². The monoisotopic (exact) mass is 451 g/mol. The van der Waals surface area contributed by atoms with E-state index in [9.17, 15) is 21.2 Å². The molecular weight excluding hydrogens is 429 g/mol. The van der Waals surface area contributed by atoms with Crippen molar-refractivity contribution in [1.29, 1.82) is 0 Å². The largest absolute Gasteiger partial charge is 0.468 e. The van der Waals surface area contributed by atoms with Gasteiger partial charge in [-0.1, -0.05) is 17.7 Å². The molecule has 30 heavy (non-hydrogen) atoms. The first kappa shape index (κ1) is 22.2. The molecule has 1 heterocycles. The number of nitrogens with one attached hydrogen (secondary N) is 1. The molecule has 1 N–H and O–H groups in total. The van der Waals surface area contributed by atoms with Gasteiger partial charge in [-0.05, 0) is 68.3 Å². The van der Waals surface area contributed by atoms with Crippen LogP contribution in [-0.4, -0.2) is 23.4 Å². The summed E-state index contributed by atoms with van der Waals surface area (Å²) in [7, 11) is -8.05. The normalized spacial score (nSPS) is 13.3. The molecule has 0 aliphatic carbocycles. The van der Waals surface area contributed by atoms with Crippen molar-refractivity contribution in [3.05, 3.63) is 83.1 Å². The zero-order valence-electron chi connectivity index (χ0n) is 16.7. The number of halogens is 1. The molecule has 0 radical (unpaired) electrons. The van der Waals surface area contributed by atoms with Crippen LogP contribution >= 0.6 is 0 Å². The molecular formula is C21H22FNO5S2. The van der Waals surface area contributed by atoms with E-state index in [1.54, 1.807) is 26.0 Å². The van der Waals surface area contributed by atoms with Gasteiger partial charge in [0.2, 0.25) is 10.0 Å². The Kier molecular flexibility index (Phi) is 6.16. The number of furan rings is 1. The lowest BCUT2D eigenvalue weighted by molar-refractivity contribution is 0.486. The number of benzene rings is 2. The maximum Gasteiger partial charge on any atom is 0.241 e. The Morgan fingerprint density at radius 2 is 1.57 bits per heavy atom. The summed E-state index contributed by atoms with van der Waals surface area (Å²) in [6, 6.07) is 10.8. The highest BCUT2D eigenvalue weighted by molar-refractivity contribution is 7.92. The van der Waals surface area contributed by atoms with Crippen molar-refractivity contribution >= 4 is 19.9 Å². The third-order valence-electron chi connectivity index (χ3n) is 4.71. The van der Waals surface area contributed by atoms with Crippen LogP contribution in [0.3, 0.4) is 0 Å². The van der Waals surface area contributed by atoms with Crippen molar-refractivity contribution < 1.29 is 25.6 Å². The third-order valence-corrected chi connectivity index (χ3v) is 8.51. The number of rotatable bonds is 7. The third kappa shape index (κ3) is 4.48. The van der Waals surface area contributed by atoms with Gasteiger partial charge in [0.15, 0.2) is 9.84 Å². The molecule has 2 aromatic carbocycles. The SMILES string of the molecule is Cc1cc(C)c(S(=O)(=O)NC[C@H](c2ccco2)S(=O)(=O)c2ccc(F)cc2)c(C)c1. The van der Waals surface area contributed by atoms with Crippen molar-refractivity contribution in [1.82, 2.24) is 4.72 Å². The standard InChI is InChI=1S/C21H22FNO5S2/c1-14-11-15(2)21(16(3)12-14)30(26,27)23-13-20(19-5-4-10-28-19)29(24,25)18-8-6-17(22)7-9-18/h4-12,20,23H,13H2,1-3H3/t20-/m1/s1. The molecule has 9 heteroatoms.